The smallest absolute Gasteiger partial charge is 0.241 e. The minimum absolute atomic E-state index is 0.0265. The molecule has 3 N–H and O–H groups in total. The van der Waals surface area contributed by atoms with Crippen LogP contribution in [-0.2, 0) is 9.59 Å². The van der Waals surface area contributed by atoms with Gasteiger partial charge in [-0.1, -0.05) is 15.9 Å². The van der Waals surface area contributed by atoms with Crippen molar-refractivity contribution in [3.05, 3.63) is 58.3 Å². The van der Waals surface area contributed by atoms with Gasteiger partial charge in [0.15, 0.2) is 0 Å². The molecule has 4 rings (SSSR count). The molecule has 1 aromatic heterocycles. The van der Waals surface area contributed by atoms with Gasteiger partial charge in [0.1, 0.15) is 6.04 Å². The molecule has 30 heavy (non-hydrogen) atoms. The molecule has 3 atom stereocenters. The summed E-state index contributed by atoms with van der Waals surface area (Å²) in [5.74, 6) is -0.172. The van der Waals surface area contributed by atoms with E-state index in [0.717, 1.165) is 34.1 Å². The normalized spacial score (nSPS) is 23.9. The van der Waals surface area contributed by atoms with Gasteiger partial charge in [0.25, 0.3) is 0 Å². The summed E-state index contributed by atoms with van der Waals surface area (Å²) >= 11 is 3.48. The van der Waals surface area contributed by atoms with Gasteiger partial charge in [0, 0.05) is 41.7 Å². The second kappa shape index (κ2) is 9.24. The highest BCUT2D eigenvalue weighted by Crippen LogP contribution is 2.26. The molecule has 2 amide bonds. The van der Waals surface area contributed by atoms with Gasteiger partial charge in [-0.25, -0.2) is 10.9 Å². The summed E-state index contributed by atoms with van der Waals surface area (Å²) < 4.78 is 1.01. The number of aryl methyl sites for hydroxylation is 1. The predicted molar refractivity (Wildman–Crippen MR) is 118 cm³/mol. The SMILES string of the molecule is Cc1cc(NC(=O)C2CCCN(C(=O)C3CC(c4ccncc4)NN3)C2)ccc1Br. The van der Waals surface area contributed by atoms with Crippen molar-refractivity contribution in [2.75, 3.05) is 18.4 Å². The number of piperidine rings is 1. The fraction of sp³-hybridized carbons (Fsp3) is 0.409. The molecule has 0 saturated carbocycles. The molecule has 0 radical (unpaired) electrons. The van der Waals surface area contributed by atoms with E-state index in [-0.39, 0.29) is 29.8 Å². The lowest BCUT2D eigenvalue weighted by Crippen LogP contribution is -2.50. The fourth-order valence-corrected chi connectivity index (χ4v) is 4.36. The standard InChI is InChI=1S/C22H26BrN5O2/c1-14-11-17(4-5-18(14)23)25-21(29)16-3-2-10-28(13-16)22(30)20-12-19(26-27-20)15-6-8-24-9-7-15/h4-9,11,16,19-20,26-27H,2-3,10,12-13H2,1H3,(H,25,29). The molecule has 7 nitrogen and oxygen atoms in total. The van der Waals surface area contributed by atoms with Crippen molar-refractivity contribution in [1.29, 1.82) is 0 Å². The Morgan fingerprint density at radius 2 is 2.00 bits per heavy atom. The van der Waals surface area contributed by atoms with Crippen LogP contribution in [0, 0.1) is 12.8 Å². The van der Waals surface area contributed by atoms with Crippen molar-refractivity contribution in [3.8, 4) is 0 Å². The number of carbonyl (C=O) groups excluding carboxylic acids is 2. The summed E-state index contributed by atoms with van der Waals surface area (Å²) in [6.45, 7) is 3.14. The number of hydrazine groups is 1. The third kappa shape index (κ3) is 4.71. The zero-order chi connectivity index (χ0) is 21.1. The monoisotopic (exact) mass is 471 g/mol. The summed E-state index contributed by atoms with van der Waals surface area (Å²) in [7, 11) is 0. The third-order valence-electron chi connectivity index (χ3n) is 5.84. The van der Waals surface area contributed by atoms with Gasteiger partial charge in [-0.2, -0.15) is 0 Å². The van der Waals surface area contributed by atoms with Crippen LogP contribution in [0.1, 0.15) is 36.4 Å². The van der Waals surface area contributed by atoms with Crippen LogP contribution in [0.2, 0.25) is 0 Å². The molecular weight excluding hydrogens is 446 g/mol. The van der Waals surface area contributed by atoms with Crippen molar-refractivity contribution in [3.63, 3.8) is 0 Å². The summed E-state index contributed by atoms with van der Waals surface area (Å²) in [5, 5.41) is 3.01. The van der Waals surface area contributed by atoms with Crippen LogP contribution in [0.15, 0.2) is 47.2 Å². The summed E-state index contributed by atoms with van der Waals surface area (Å²) in [4.78, 5) is 31.7. The zero-order valence-corrected chi connectivity index (χ0v) is 18.5. The number of anilines is 1. The number of aromatic nitrogens is 1. The predicted octanol–water partition coefficient (Wildman–Crippen LogP) is 2.94. The number of nitrogens with zero attached hydrogens (tertiary/aromatic N) is 2. The van der Waals surface area contributed by atoms with E-state index < -0.39 is 0 Å². The van der Waals surface area contributed by atoms with E-state index in [2.05, 4.69) is 37.1 Å². The molecule has 158 valence electrons. The van der Waals surface area contributed by atoms with E-state index in [0.29, 0.717) is 19.5 Å². The molecular formula is C22H26BrN5O2. The van der Waals surface area contributed by atoms with E-state index >= 15 is 0 Å². The lowest BCUT2D eigenvalue weighted by atomic mass is 9.95. The average Bonchev–Trinajstić information content (AvgIpc) is 3.27. The van der Waals surface area contributed by atoms with E-state index in [9.17, 15) is 9.59 Å². The van der Waals surface area contributed by atoms with Gasteiger partial charge in [0.2, 0.25) is 11.8 Å². The van der Waals surface area contributed by atoms with Gasteiger partial charge in [-0.05, 0) is 67.6 Å². The lowest BCUT2D eigenvalue weighted by Gasteiger charge is -2.33. The molecule has 0 spiro atoms. The van der Waals surface area contributed by atoms with E-state index in [1.807, 2.05) is 42.2 Å². The molecule has 2 saturated heterocycles. The third-order valence-corrected chi connectivity index (χ3v) is 6.73. The number of nitrogens with one attached hydrogen (secondary N) is 3. The highest BCUT2D eigenvalue weighted by molar-refractivity contribution is 9.10. The number of hydrogen-bond donors (Lipinski definition) is 3. The Bertz CT molecular complexity index is 923. The summed E-state index contributed by atoms with van der Waals surface area (Å²) in [6.07, 6.45) is 5.81. The van der Waals surface area contributed by atoms with E-state index in [4.69, 9.17) is 0 Å². The number of hydrogen-bond acceptors (Lipinski definition) is 5. The quantitative estimate of drug-likeness (QED) is 0.637. The number of halogens is 1. The van der Waals surface area contributed by atoms with Gasteiger partial charge in [0.05, 0.1) is 5.92 Å². The van der Waals surface area contributed by atoms with Gasteiger partial charge >= 0.3 is 0 Å². The summed E-state index contributed by atoms with van der Waals surface area (Å²) in [5.41, 5.74) is 9.30. The minimum Gasteiger partial charge on any atom is -0.341 e. The van der Waals surface area contributed by atoms with Crippen LogP contribution < -0.4 is 16.2 Å². The number of benzene rings is 1. The molecule has 8 heteroatoms. The lowest BCUT2D eigenvalue weighted by molar-refractivity contribution is -0.136. The highest BCUT2D eigenvalue weighted by atomic mass is 79.9. The molecule has 2 fully saturated rings. The number of likely N-dealkylation sites (tertiary alicyclic amines) is 1. The maximum Gasteiger partial charge on any atom is 0.241 e. The van der Waals surface area contributed by atoms with Gasteiger partial charge in [-0.15, -0.1) is 0 Å². The van der Waals surface area contributed by atoms with Crippen LogP contribution in [0.25, 0.3) is 0 Å². The molecule has 2 aliphatic rings. The van der Waals surface area contributed by atoms with Crippen LogP contribution in [0.4, 0.5) is 5.69 Å². The first-order valence-electron chi connectivity index (χ1n) is 10.3. The number of pyridine rings is 1. The average molecular weight is 472 g/mol. The van der Waals surface area contributed by atoms with Crippen LogP contribution in [-0.4, -0.2) is 40.8 Å². The van der Waals surface area contributed by atoms with E-state index in [1.165, 1.54) is 0 Å². The van der Waals surface area contributed by atoms with Crippen molar-refractivity contribution < 1.29 is 9.59 Å². The Labute approximate surface area is 184 Å². The maximum absolute atomic E-state index is 13.1. The van der Waals surface area contributed by atoms with Crippen LogP contribution >= 0.6 is 15.9 Å². The molecule has 3 unspecified atom stereocenters. The second-order valence-electron chi connectivity index (χ2n) is 7.99. The first kappa shape index (κ1) is 21.0. The molecule has 0 aliphatic carbocycles. The Morgan fingerprint density at radius 3 is 2.77 bits per heavy atom. The molecule has 1 aromatic carbocycles. The summed E-state index contributed by atoms with van der Waals surface area (Å²) in [6, 6.07) is 9.45. The minimum atomic E-state index is -0.293. The maximum atomic E-state index is 13.1. The fourth-order valence-electron chi connectivity index (χ4n) is 4.11. The zero-order valence-electron chi connectivity index (χ0n) is 16.9. The first-order valence-corrected chi connectivity index (χ1v) is 11.1. The second-order valence-corrected chi connectivity index (χ2v) is 8.84. The highest BCUT2D eigenvalue weighted by Gasteiger charge is 2.36. The van der Waals surface area contributed by atoms with Crippen molar-refractivity contribution >= 4 is 33.4 Å². The van der Waals surface area contributed by atoms with E-state index in [1.54, 1.807) is 12.4 Å². The van der Waals surface area contributed by atoms with Gasteiger partial charge in [-0.3, -0.25) is 14.6 Å². The molecule has 2 aliphatic heterocycles. The van der Waals surface area contributed by atoms with Crippen molar-refractivity contribution in [2.45, 2.75) is 38.3 Å². The Balaban J connectivity index is 1.34. The molecule has 0 bridgehead atoms. The number of carbonyl (C=O) groups is 2. The largest absolute Gasteiger partial charge is 0.341 e. The van der Waals surface area contributed by atoms with Crippen molar-refractivity contribution in [2.24, 2.45) is 5.92 Å². The van der Waals surface area contributed by atoms with Gasteiger partial charge < -0.3 is 10.2 Å². The van der Waals surface area contributed by atoms with Crippen molar-refractivity contribution in [1.82, 2.24) is 20.7 Å². The topological polar surface area (TPSA) is 86.4 Å². The van der Waals surface area contributed by atoms with Crippen LogP contribution in [0.5, 0.6) is 0 Å². The Hall–Kier alpha value is -2.29. The number of rotatable bonds is 4. The number of amides is 2. The Morgan fingerprint density at radius 1 is 1.20 bits per heavy atom. The van der Waals surface area contributed by atoms with Crippen LogP contribution in [0.3, 0.4) is 0 Å². The molecule has 3 heterocycles. The molecule has 2 aromatic rings. The first-order chi connectivity index (χ1) is 14.5. The Kier molecular flexibility index (Phi) is 6.46.